The summed E-state index contributed by atoms with van der Waals surface area (Å²) >= 11 is 0. The molecule has 1 heteroatoms. The zero-order chi connectivity index (χ0) is 11.3. The largest absolute Gasteiger partial charge is 0.308 e. The Hall–Kier alpha value is -0.820. The molecule has 1 nitrogen and oxygen atoms in total. The first-order valence-electron chi connectivity index (χ1n) is 5.84. The summed E-state index contributed by atoms with van der Waals surface area (Å²) < 4.78 is 0. The highest BCUT2D eigenvalue weighted by Crippen LogP contribution is 2.12. The number of hydrogen-bond donors (Lipinski definition) is 1. The third kappa shape index (κ3) is 4.48. The molecule has 1 aromatic rings. The lowest BCUT2D eigenvalue weighted by atomic mass is 9.98. The number of benzene rings is 1. The summed E-state index contributed by atoms with van der Waals surface area (Å²) in [7, 11) is 0. The van der Waals surface area contributed by atoms with Crippen LogP contribution in [0.5, 0.6) is 0 Å². The van der Waals surface area contributed by atoms with Crippen LogP contribution in [-0.4, -0.2) is 5.54 Å². The van der Waals surface area contributed by atoms with Gasteiger partial charge in [-0.2, -0.15) is 0 Å². The van der Waals surface area contributed by atoms with Crippen LogP contribution in [0.15, 0.2) is 24.3 Å². The molecule has 1 rings (SSSR count). The van der Waals surface area contributed by atoms with Gasteiger partial charge in [-0.25, -0.2) is 0 Å². The Labute approximate surface area is 93.9 Å². The van der Waals surface area contributed by atoms with Crippen molar-refractivity contribution in [3.05, 3.63) is 35.4 Å². The minimum atomic E-state index is 0.249. The van der Waals surface area contributed by atoms with Crippen molar-refractivity contribution in [1.82, 2.24) is 5.32 Å². The Morgan fingerprint density at radius 2 is 2.00 bits per heavy atom. The van der Waals surface area contributed by atoms with Crippen LogP contribution in [0.3, 0.4) is 0 Å². The normalized spacial score (nSPS) is 11.7. The standard InChI is InChI=1S/C14H23N/c1-5-9-14(3,4)15-11-13-8-6-7-12(2)10-13/h6-8,10,15H,5,9,11H2,1-4H3. The molecule has 0 amide bonds. The Bertz CT molecular complexity index is 302. The summed E-state index contributed by atoms with van der Waals surface area (Å²) in [6.45, 7) is 9.88. The van der Waals surface area contributed by atoms with Crippen molar-refractivity contribution < 1.29 is 0 Å². The lowest BCUT2D eigenvalue weighted by Crippen LogP contribution is -2.38. The van der Waals surface area contributed by atoms with Crippen molar-refractivity contribution in [3.8, 4) is 0 Å². The molecule has 84 valence electrons. The first-order chi connectivity index (χ1) is 7.03. The zero-order valence-corrected chi connectivity index (χ0v) is 10.4. The summed E-state index contributed by atoms with van der Waals surface area (Å²) in [6.07, 6.45) is 2.45. The van der Waals surface area contributed by atoms with Crippen molar-refractivity contribution >= 4 is 0 Å². The van der Waals surface area contributed by atoms with Gasteiger partial charge in [-0.05, 0) is 32.8 Å². The second-order valence-electron chi connectivity index (χ2n) is 4.98. The molecule has 0 unspecified atom stereocenters. The first kappa shape index (κ1) is 12.3. The van der Waals surface area contributed by atoms with E-state index < -0.39 is 0 Å². The van der Waals surface area contributed by atoms with Gasteiger partial charge in [0.1, 0.15) is 0 Å². The van der Waals surface area contributed by atoms with E-state index in [1.807, 2.05) is 0 Å². The Morgan fingerprint density at radius 1 is 1.27 bits per heavy atom. The summed E-state index contributed by atoms with van der Waals surface area (Å²) in [5.41, 5.74) is 2.96. The van der Waals surface area contributed by atoms with E-state index in [9.17, 15) is 0 Å². The van der Waals surface area contributed by atoms with E-state index in [1.54, 1.807) is 0 Å². The maximum atomic E-state index is 3.60. The molecule has 0 aliphatic heterocycles. The molecule has 0 heterocycles. The molecule has 0 radical (unpaired) electrons. The fourth-order valence-electron chi connectivity index (χ4n) is 1.88. The highest BCUT2D eigenvalue weighted by atomic mass is 14.9. The molecule has 0 saturated heterocycles. The molecule has 0 saturated carbocycles. The molecule has 0 aliphatic rings. The van der Waals surface area contributed by atoms with Crippen molar-refractivity contribution in [1.29, 1.82) is 0 Å². The topological polar surface area (TPSA) is 12.0 Å². The van der Waals surface area contributed by atoms with Gasteiger partial charge in [-0.3, -0.25) is 0 Å². The van der Waals surface area contributed by atoms with E-state index in [4.69, 9.17) is 0 Å². The lowest BCUT2D eigenvalue weighted by Gasteiger charge is -2.26. The average molecular weight is 205 g/mol. The Morgan fingerprint density at radius 3 is 2.60 bits per heavy atom. The molecule has 0 fully saturated rings. The number of aryl methyl sites for hydroxylation is 1. The van der Waals surface area contributed by atoms with Crippen LogP contribution in [0.2, 0.25) is 0 Å². The second-order valence-corrected chi connectivity index (χ2v) is 4.98. The Kier molecular flexibility index (Phi) is 4.34. The van der Waals surface area contributed by atoms with Crippen molar-refractivity contribution in [2.75, 3.05) is 0 Å². The van der Waals surface area contributed by atoms with Crippen molar-refractivity contribution in [2.45, 2.75) is 52.6 Å². The van der Waals surface area contributed by atoms with Crippen LogP contribution >= 0.6 is 0 Å². The molecular formula is C14H23N. The quantitative estimate of drug-likeness (QED) is 0.773. The van der Waals surface area contributed by atoms with Gasteiger partial charge in [0.2, 0.25) is 0 Å². The maximum absolute atomic E-state index is 3.60. The van der Waals surface area contributed by atoms with Crippen molar-refractivity contribution in [3.63, 3.8) is 0 Å². The van der Waals surface area contributed by atoms with Gasteiger partial charge in [0.15, 0.2) is 0 Å². The summed E-state index contributed by atoms with van der Waals surface area (Å²) in [5, 5.41) is 3.60. The SMILES string of the molecule is CCCC(C)(C)NCc1cccc(C)c1. The van der Waals surface area contributed by atoms with Gasteiger partial charge >= 0.3 is 0 Å². The predicted octanol–water partition coefficient (Wildman–Crippen LogP) is 3.66. The van der Waals surface area contributed by atoms with E-state index in [2.05, 4.69) is 57.3 Å². The highest BCUT2D eigenvalue weighted by Gasteiger charge is 2.14. The van der Waals surface area contributed by atoms with E-state index in [1.165, 1.54) is 24.0 Å². The summed E-state index contributed by atoms with van der Waals surface area (Å²) in [5.74, 6) is 0. The van der Waals surface area contributed by atoms with Gasteiger partial charge < -0.3 is 5.32 Å². The van der Waals surface area contributed by atoms with E-state index in [0.29, 0.717) is 0 Å². The lowest BCUT2D eigenvalue weighted by molar-refractivity contribution is 0.357. The van der Waals surface area contributed by atoms with Gasteiger partial charge in [-0.1, -0.05) is 43.2 Å². The molecule has 15 heavy (non-hydrogen) atoms. The monoisotopic (exact) mass is 205 g/mol. The molecule has 0 spiro atoms. The fourth-order valence-corrected chi connectivity index (χ4v) is 1.88. The zero-order valence-electron chi connectivity index (χ0n) is 10.4. The molecule has 0 aliphatic carbocycles. The number of hydrogen-bond acceptors (Lipinski definition) is 1. The van der Waals surface area contributed by atoms with Gasteiger partial charge in [0.05, 0.1) is 0 Å². The van der Waals surface area contributed by atoms with E-state index in [-0.39, 0.29) is 5.54 Å². The van der Waals surface area contributed by atoms with Crippen LogP contribution in [0.25, 0.3) is 0 Å². The van der Waals surface area contributed by atoms with Crippen LogP contribution in [0.1, 0.15) is 44.7 Å². The second kappa shape index (κ2) is 5.32. The molecule has 0 bridgehead atoms. The predicted molar refractivity (Wildman–Crippen MR) is 67.0 cm³/mol. The smallest absolute Gasteiger partial charge is 0.0210 e. The van der Waals surface area contributed by atoms with Gasteiger partial charge in [0, 0.05) is 12.1 Å². The minimum Gasteiger partial charge on any atom is -0.308 e. The minimum absolute atomic E-state index is 0.249. The molecule has 0 aromatic heterocycles. The highest BCUT2D eigenvalue weighted by molar-refractivity contribution is 5.22. The number of rotatable bonds is 5. The molecule has 1 aromatic carbocycles. The molecule has 1 N–H and O–H groups in total. The summed E-state index contributed by atoms with van der Waals surface area (Å²) in [4.78, 5) is 0. The van der Waals surface area contributed by atoms with Crippen LogP contribution in [-0.2, 0) is 6.54 Å². The van der Waals surface area contributed by atoms with Crippen molar-refractivity contribution in [2.24, 2.45) is 0 Å². The Balaban J connectivity index is 2.49. The van der Waals surface area contributed by atoms with Gasteiger partial charge in [0.25, 0.3) is 0 Å². The third-order valence-electron chi connectivity index (χ3n) is 2.73. The molecular weight excluding hydrogens is 182 g/mol. The van der Waals surface area contributed by atoms with Crippen LogP contribution in [0.4, 0.5) is 0 Å². The van der Waals surface area contributed by atoms with E-state index in [0.717, 1.165) is 6.54 Å². The maximum Gasteiger partial charge on any atom is 0.0210 e. The number of nitrogens with one attached hydrogen (secondary N) is 1. The van der Waals surface area contributed by atoms with Crippen LogP contribution < -0.4 is 5.32 Å². The fraction of sp³-hybridized carbons (Fsp3) is 0.571. The summed E-state index contributed by atoms with van der Waals surface area (Å²) in [6, 6.07) is 8.69. The third-order valence-corrected chi connectivity index (χ3v) is 2.73. The van der Waals surface area contributed by atoms with Crippen LogP contribution in [0, 0.1) is 6.92 Å². The van der Waals surface area contributed by atoms with E-state index >= 15 is 0 Å². The molecule has 0 atom stereocenters. The first-order valence-corrected chi connectivity index (χ1v) is 5.84. The van der Waals surface area contributed by atoms with Gasteiger partial charge in [-0.15, -0.1) is 0 Å². The average Bonchev–Trinajstić information content (AvgIpc) is 2.15.